The molecule has 12 nitrogen and oxygen atoms in total. The number of likely N-dealkylation sites (N-methyl/N-ethyl adjacent to an activating group) is 2. The molecule has 12 heteroatoms. The number of carbonyl (C=O) groups is 2. The smallest absolute Gasteiger partial charge is 0.340 e. The first-order valence-corrected chi connectivity index (χ1v) is 12.4. The van der Waals surface area contributed by atoms with E-state index in [0.29, 0.717) is 13.1 Å². The van der Waals surface area contributed by atoms with Crippen LogP contribution in [-0.4, -0.2) is 86.4 Å². The first-order chi connectivity index (χ1) is 19.2. The lowest BCUT2D eigenvalue weighted by molar-refractivity contribution is 0.0473. The monoisotopic (exact) mass is 548 g/mol. The van der Waals surface area contributed by atoms with Crippen LogP contribution in [0.15, 0.2) is 81.1 Å². The largest absolute Gasteiger partial charge is 0.505 e. The molecule has 210 valence electrons. The molecule has 0 aromatic heterocycles. The van der Waals surface area contributed by atoms with E-state index in [9.17, 15) is 19.8 Å². The number of rotatable bonds is 12. The summed E-state index contributed by atoms with van der Waals surface area (Å²) in [4.78, 5) is 28.8. The number of hydrogen-bond donors (Lipinski definition) is 2. The molecule has 0 aliphatic heterocycles. The average Bonchev–Trinajstić information content (AvgIpc) is 2.92. The molecule has 40 heavy (non-hydrogen) atoms. The van der Waals surface area contributed by atoms with Crippen LogP contribution < -0.4 is 0 Å². The fourth-order valence-electron chi connectivity index (χ4n) is 3.19. The minimum absolute atomic E-state index is 0.0288. The van der Waals surface area contributed by atoms with Crippen LogP contribution >= 0.6 is 0 Å². The maximum absolute atomic E-state index is 12.5. The van der Waals surface area contributed by atoms with Gasteiger partial charge < -0.3 is 29.5 Å². The van der Waals surface area contributed by atoms with Gasteiger partial charge in [0.15, 0.2) is 0 Å². The van der Waals surface area contributed by atoms with Crippen molar-refractivity contribution in [3.63, 3.8) is 0 Å². The quantitative estimate of drug-likeness (QED) is 0.227. The third kappa shape index (κ3) is 8.68. The second-order valence-corrected chi connectivity index (χ2v) is 9.14. The standard InChI is InChI=1S/C28H32N6O6/c1-33(2)13-15-39-27(37)19-9-5-7-11-21(19)29-31-23-17-24(26(36)18-25(23)35)32-30-22-12-8-6-10-20(22)28(38)40-16-14-34(3)4/h5-12,17-18,35-36H,13-16H2,1-4H3/b31-29+,32-30+. The van der Waals surface area contributed by atoms with Gasteiger partial charge in [0.1, 0.15) is 47.5 Å². The molecule has 0 spiro atoms. The van der Waals surface area contributed by atoms with Crippen LogP contribution in [0.2, 0.25) is 0 Å². The Balaban J connectivity index is 1.82. The van der Waals surface area contributed by atoms with E-state index in [1.54, 1.807) is 48.5 Å². The highest BCUT2D eigenvalue weighted by molar-refractivity contribution is 5.95. The van der Waals surface area contributed by atoms with E-state index < -0.39 is 11.9 Å². The first kappa shape index (κ1) is 29.9. The Kier molecular flexibility index (Phi) is 10.8. The third-order valence-corrected chi connectivity index (χ3v) is 5.39. The topological polar surface area (TPSA) is 149 Å². The maximum Gasteiger partial charge on any atom is 0.340 e. The van der Waals surface area contributed by atoms with Gasteiger partial charge in [-0.15, -0.1) is 20.5 Å². The van der Waals surface area contributed by atoms with Gasteiger partial charge in [-0.3, -0.25) is 0 Å². The number of esters is 2. The van der Waals surface area contributed by atoms with Crippen LogP contribution in [0.5, 0.6) is 11.5 Å². The molecule has 0 heterocycles. The predicted molar refractivity (Wildman–Crippen MR) is 149 cm³/mol. The molecule has 0 atom stereocenters. The maximum atomic E-state index is 12.5. The zero-order valence-electron chi connectivity index (χ0n) is 22.8. The van der Waals surface area contributed by atoms with Crippen molar-refractivity contribution in [1.82, 2.24) is 9.80 Å². The van der Waals surface area contributed by atoms with Gasteiger partial charge in [-0.25, -0.2) is 9.59 Å². The summed E-state index contributed by atoms with van der Waals surface area (Å²) in [6.07, 6.45) is 0. The summed E-state index contributed by atoms with van der Waals surface area (Å²) in [5.41, 5.74) is 0.816. The molecule has 0 bridgehead atoms. The number of benzene rings is 3. The average molecular weight is 549 g/mol. The Hall–Kier alpha value is -4.68. The molecule has 0 aliphatic carbocycles. The number of phenolic OH excluding ortho intramolecular Hbond substituents is 2. The fourth-order valence-corrected chi connectivity index (χ4v) is 3.19. The molecule has 3 rings (SSSR count). The normalized spacial score (nSPS) is 11.6. The molecule has 3 aromatic rings. The zero-order valence-corrected chi connectivity index (χ0v) is 22.8. The molecular weight excluding hydrogens is 516 g/mol. The molecule has 0 aliphatic rings. The van der Waals surface area contributed by atoms with Gasteiger partial charge in [0, 0.05) is 25.2 Å². The molecule has 3 aromatic carbocycles. The lowest BCUT2D eigenvalue weighted by Gasteiger charge is -2.10. The van der Waals surface area contributed by atoms with Gasteiger partial charge in [-0.2, -0.15) is 0 Å². The second-order valence-electron chi connectivity index (χ2n) is 9.14. The summed E-state index contributed by atoms with van der Waals surface area (Å²) in [5, 5.41) is 36.9. The fraction of sp³-hybridized carbons (Fsp3) is 0.286. The van der Waals surface area contributed by atoms with Crippen molar-refractivity contribution in [2.45, 2.75) is 0 Å². The van der Waals surface area contributed by atoms with Crippen LogP contribution in [0.3, 0.4) is 0 Å². The third-order valence-electron chi connectivity index (χ3n) is 5.39. The van der Waals surface area contributed by atoms with Crippen LogP contribution in [0.25, 0.3) is 0 Å². The van der Waals surface area contributed by atoms with Crippen molar-refractivity contribution in [3.05, 3.63) is 71.8 Å². The number of hydrogen-bond acceptors (Lipinski definition) is 12. The summed E-state index contributed by atoms with van der Waals surface area (Å²) < 4.78 is 10.6. The van der Waals surface area contributed by atoms with Crippen LogP contribution in [-0.2, 0) is 9.47 Å². The number of ether oxygens (including phenoxy) is 2. The van der Waals surface area contributed by atoms with Crippen molar-refractivity contribution < 1.29 is 29.3 Å². The van der Waals surface area contributed by atoms with E-state index in [2.05, 4.69) is 20.5 Å². The molecular formula is C28H32N6O6. The molecule has 0 saturated heterocycles. The molecule has 2 N–H and O–H groups in total. The summed E-state index contributed by atoms with van der Waals surface area (Å²) in [7, 11) is 7.48. The molecule has 0 radical (unpaired) electrons. The molecule has 0 fully saturated rings. The summed E-state index contributed by atoms with van der Waals surface area (Å²) in [6, 6.07) is 15.3. The number of phenols is 2. The van der Waals surface area contributed by atoms with Crippen molar-refractivity contribution in [2.75, 3.05) is 54.5 Å². The van der Waals surface area contributed by atoms with Crippen molar-refractivity contribution >= 4 is 34.7 Å². The molecule has 0 amide bonds. The van der Waals surface area contributed by atoms with Crippen molar-refractivity contribution in [3.8, 4) is 11.5 Å². The summed E-state index contributed by atoms with van der Waals surface area (Å²) in [5.74, 6) is -1.84. The Labute approximate surface area is 232 Å². The van der Waals surface area contributed by atoms with Gasteiger partial charge >= 0.3 is 11.9 Å². The van der Waals surface area contributed by atoms with E-state index in [1.165, 1.54) is 6.07 Å². The van der Waals surface area contributed by atoms with E-state index in [1.807, 2.05) is 38.0 Å². The van der Waals surface area contributed by atoms with Gasteiger partial charge in [0.05, 0.1) is 11.1 Å². The zero-order chi connectivity index (χ0) is 29.1. The molecule has 0 saturated carbocycles. The lowest BCUT2D eigenvalue weighted by atomic mass is 10.2. The minimum Gasteiger partial charge on any atom is -0.505 e. The molecule has 0 unspecified atom stereocenters. The number of nitrogens with zero attached hydrogens (tertiary/aromatic N) is 6. The van der Waals surface area contributed by atoms with E-state index in [0.717, 1.165) is 6.07 Å². The van der Waals surface area contributed by atoms with E-state index in [-0.39, 0.29) is 58.6 Å². The first-order valence-electron chi connectivity index (χ1n) is 12.4. The van der Waals surface area contributed by atoms with E-state index in [4.69, 9.17) is 9.47 Å². The Morgan fingerprint density at radius 3 is 1.40 bits per heavy atom. The highest BCUT2D eigenvalue weighted by atomic mass is 16.5. The van der Waals surface area contributed by atoms with E-state index >= 15 is 0 Å². The van der Waals surface area contributed by atoms with Gasteiger partial charge in [0.25, 0.3) is 0 Å². The van der Waals surface area contributed by atoms with Crippen LogP contribution in [0, 0.1) is 0 Å². The number of aromatic hydroxyl groups is 2. The van der Waals surface area contributed by atoms with Crippen LogP contribution in [0.1, 0.15) is 20.7 Å². The minimum atomic E-state index is -0.556. The van der Waals surface area contributed by atoms with Crippen molar-refractivity contribution in [1.29, 1.82) is 0 Å². The predicted octanol–water partition coefficient (Wildman–Crippen LogP) is 5.37. The second kappa shape index (κ2) is 14.5. The van der Waals surface area contributed by atoms with Gasteiger partial charge in [-0.1, -0.05) is 24.3 Å². The highest BCUT2D eigenvalue weighted by Crippen LogP contribution is 2.40. The van der Waals surface area contributed by atoms with Crippen molar-refractivity contribution in [2.24, 2.45) is 20.5 Å². The Morgan fingerprint density at radius 2 is 1.00 bits per heavy atom. The van der Waals surface area contributed by atoms with Gasteiger partial charge in [-0.05, 0) is 52.5 Å². The van der Waals surface area contributed by atoms with Gasteiger partial charge in [0.2, 0.25) is 0 Å². The number of azo groups is 2. The SMILES string of the molecule is CN(C)CCOC(=O)c1ccccc1/N=N/c1cc(/N=N/c2ccccc2C(=O)OCCN(C)C)c(O)cc1O. The van der Waals surface area contributed by atoms with Crippen LogP contribution in [0.4, 0.5) is 22.7 Å². The number of carbonyl (C=O) groups excluding carboxylic acids is 2. The summed E-state index contributed by atoms with van der Waals surface area (Å²) >= 11 is 0. The Morgan fingerprint density at radius 1 is 0.625 bits per heavy atom. The highest BCUT2D eigenvalue weighted by Gasteiger charge is 2.15. The summed E-state index contributed by atoms with van der Waals surface area (Å²) in [6.45, 7) is 1.55. The lowest BCUT2D eigenvalue weighted by Crippen LogP contribution is -2.20. The Bertz CT molecular complexity index is 1290.